The number of anilines is 1. The Morgan fingerprint density at radius 3 is 2.66 bits per heavy atom. The van der Waals surface area contributed by atoms with Crippen molar-refractivity contribution in [3.8, 4) is 0 Å². The van der Waals surface area contributed by atoms with E-state index in [1.165, 1.54) is 18.2 Å². The number of benzene rings is 3. The van der Waals surface area contributed by atoms with Crippen LogP contribution in [-0.2, 0) is 16.1 Å². The zero-order valence-electron chi connectivity index (χ0n) is 15.8. The molecule has 0 aromatic heterocycles. The molecule has 0 aliphatic carbocycles. The van der Waals surface area contributed by atoms with Crippen molar-refractivity contribution in [1.29, 1.82) is 0 Å². The second-order valence-electron chi connectivity index (χ2n) is 7.01. The van der Waals surface area contributed by atoms with Crippen LogP contribution in [0.4, 0.5) is 14.5 Å². The Morgan fingerprint density at radius 1 is 1.10 bits per heavy atom. The summed E-state index contributed by atoms with van der Waals surface area (Å²) in [5.41, 5.74) is 1.27. The monoisotopic (exact) mass is 395 g/mol. The Kier molecular flexibility index (Phi) is 5.01. The van der Waals surface area contributed by atoms with E-state index in [2.05, 4.69) is 0 Å². The van der Waals surface area contributed by atoms with Gasteiger partial charge in [-0.25, -0.2) is 8.78 Å². The van der Waals surface area contributed by atoms with Crippen molar-refractivity contribution in [3.05, 3.63) is 77.4 Å². The molecule has 29 heavy (non-hydrogen) atoms. The smallest absolute Gasteiger partial charge is 0.318 e. The molecular formula is C23H19F2NO3. The topological polar surface area (TPSA) is 46.6 Å². The summed E-state index contributed by atoms with van der Waals surface area (Å²) in [6, 6.07) is 14.6. The number of nitrogens with zero attached hydrogens (tertiary/aromatic N) is 1. The van der Waals surface area contributed by atoms with Gasteiger partial charge in [-0.3, -0.25) is 9.59 Å². The van der Waals surface area contributed by atoms with E-state index in [1.54, 1.807) is 25.1 Å². The molecule has 1 heterocycles. The molecule has 0 amide bonds. The maximum atomic E-state index is 14.5. The van der Waals surface area contributed by atoms with E-state index in [1.807, 2.05) is 23.1 Å². The zero-order valence-corrected chi connectivity index (χ0v) is 15.8. The number of hydrogen-bond acceptors (Lipinski definition) is 4. The summed E-state index contributed by atoms with van der Waals surface area (Å²) in [6.45, 7) is 2.28. The third-order valence-corrected chi connectivity index (χ3v) is 5.11. The molecular weight excluding hydrogens is 376 g/mol. The van der Waals surface area contributed by atoms with Gasteiger partial charge in [0.05, 0.1) is 17.9 Å². The predicted octanol–water partition coefficient (Wildman–Crippen LogP) is 4.50. The number of ether oxygens (including phenoxy) is 1. The van der Waals surface area contributed by atoms with E-state index in [-0.39, 0.29) is 24.5 Å². The third-order valence-electron chi connectivity index (χ3n) is 5.11. The molecule has 0 saturated carbocycles. The highest BCUT2D eigenvalue weighted by Gasteiger charge is 2.39. The van der Waals surface area contributed by atoms with Crippen LogP contribution in [-0.4, -0.2) is 24.9 Å². The maximum Gasteiger partial charge on any atom is 0.318 e. The molecule has 4 rings (SSSR count). The van der Waals surface area contributed by atoms with Crippen LogP contribution in [0.2, 0.25) is 0 Å². The lowest BCUT2D eigenvalue weighted by Crippen LogP contribution is -2.43. The van der Waals surface area contributed by atoms with Gasteiger partial charge in [0.15, 0.2) is 5.78 Å². The molecule has 148 valence electrons. The van der Waals surface area contributed by atoms with Crippen LogP contribution < -0.4 is 4.90 Å². The van der Waals surface area contributed by atoms with Crippen molar-refractivity contribution < 1.29 is 23.1 Å². The first-order valence-corrected chi connectivity index (χ1v) is 9.40. The Balaban J connectivity index is 1.71. The Labute approximate surface area is 166 Å². The van der Waals surface area contributed by atoms with Crippen molar-refractivity contribution in [2.45, 2.75) is 13.5 Å². The first kappa shape index (κ1) is 19.1. The zero-order chi connectivity index (χ0) is 20.5. The van der Waals surface area contributed by atoms with Crippen LogP contribution in [0, 0.1) is 17.6 Å². The highest BCUT2D eigenvalue weighted by molar-refractivity contribution is 6.13. The van der Waals surface area contributed by atoms with Crippen molar-refractivity contribution in [3.63, 3.8) is 0 Å². The molecule has 4 nitrogen and oxygen atoms in total. The summed E-state index contributed by atoms with van der Waals surface area (Å²) < 4.78 is 32.9. The molecule has 1 aliphatic heterocycles. The van der Waals surface area contributed by atoms with Gasteiger partial charge in [-0.15, -0.1) is 0 Å². The Bertz CT molecular complexity index is 1110. The molecule has 0 N–H and O–H groups in total. The minimum Gasteiger partial charge on any atom is -0.465 e. The number of rotatable bonds is 4. The van der Waals surface area contributed by atoms with Crippen molar-refractivity contribution >= 4 is 28.2 Å². The summed E-state index contributed by atoms with van der Waals surface area (Å²) in [5.74, 6) is -3.23. The van der Waals surface area contributed by atoms with Gasteiger partial charge in [0.1, 0.15) is 17.6 Å². The molecule has 6 heteroatoms. The predicted molar refractivity (Wildman–Crippen MR) is 106 cm³/mol. The minimum absolute atomic E-state index is 0.0836. The van der Waals surface area contributed by atoms with Crippen LogP contribution in [0.15, 0.2) is 54.6 Å². The van der Waals surface area contributed by atoms with E-state index in [9.17, 15) is 18.4 Å². The van der Waals surface area contributed by atoms with E-state index < -0.39 is 23.5 Å². The molecule has 1 atom stereocenters. The molecule has 0 radical (unpaired) electrons. The second-order valence-corrected chi connectivity index (χ2v) is 7.01. The summed E-state index contributed by atoms with van der Waals surface area (Å²) in [4.78, 5) is 26.9. The molecule has 3 aromatic carbocycles. The molecule has 3 aromatic rings. The molecule has 0 saturated heterocycles. The van der Waals surface area contributed by atoms with E-state index in [0.29, 0.717) is 12.2 Å². The normalized spacial score (nSPS) is 16.0. The van der Waals surface area contributed by atoms with Gasteiger partial charge < -0.3 is 9.64 Å². The lowest BCUT2D eigenvalue weighted by Gasteiger charge is -2.34. The number of carbonyl (C=O) groups excluding carboxylic acids is 2. The number of ketones is 1. The fraction of sp³-hybridized carbons (Fsp3) is 0.217. The number of hydrogen-bond donors (Lipinski definition) is 0. The molecule has 1 aliphatic rings. The molecule has 0 bridgehead atoms. The third kappa shape index (κ3) is 3.58. The number of carbonyl (C=O) groups is 2. The maximum absolute atomic E-state index is 14.5. The number of halogens is 2. The van der Waals surface area contributed by atoms with Crippen molar-refractivity contribution in [2.75, 3.05) is 18.1 Å². The Hall–Kier alpha value is -3.28. The highest BCUT2D eigenvalue weighted by Crippen LogP contribution is 2.33. The van der Waals surface area contributed by atoms with Crippen LogP contribution in [0.25, 0.3) is 10.8 Å². The van der Waals surface area contributed by atoms with Gasteiger partial charge in [0.25, 0.3) is 0 Å². The van der Waals surface area contributed by atoms with Crippen LogP contribution in [0.5, 0.6) is 0 Å². The average molecular weight is 395 g/mol. The van der Waals surface area contributed by atoms with Crippen molar-refractivity contribution in [2.24, 2.45) is 5.92 Å². The first-order valence-electron chi connectivity index (χ1n) is 9.40. The van der Waals surface area contributed by atoms with E-state index >= 15 is 0 Å². The van der Waals surface area contributed by atoms with Gasteiger partial charge in [-0.05, 0) is 53.6 Å². The summed E-state index contributed by atoms with van der Waals surface area (Å²) in [6.07, 6.45) is 0. The largest absolute Gasteiger partial charge is 0.465 e. The molecule has 1 unspecified atom stereocenters. The second kappa shape index (κ2) is 7.62. The lowest BCUT2D eigenvalue weighted by molar-refractivity contribution is -0.145. The summed E-state index contributed by atoms with van der Waals surface area (Å²) >= 11 is 0. The summed E-state index contributed by atoms with van der Waals surface area (Å²) in [7, 11) is 0. The standard InChI is InChI=1S/C23H19F2NO3/c1-2-29-23(28)18-13-26(20-5-3-4-19(25)21(20)22(18)27)12-14-6-7-16-11-17(24)9-8-15(16)10-14/h3-11,18H,2,12-13H2,1H3. The van der Waals surface area contributed by atoms with Crippen LogP contribution in [0.1, 0.15) is 22.8 Å². The average Bonchev–Trinajstić information content (AvgIpc) is 2.70. The van der Waals surface area contributed by atoms with Gasteiger partial charge in [-0.1, -0.05) is 24.3 Å². The number of Topliss-reactive ketones (excluding diaryl/α,β-unsaturated/α-hetero) is 1. The SMILES string of the molecule is CCOC(=O)C1CN(Cc2ccc3cc(F)ccc3c2)c2cccc(F)c2C1=O. The number of fused-ring (bicyclic) bond motifs is 2. The van der Waals surface area contributed by atoms with Crippen LogP contribution in [0.3, 0.4) is 0 Å². The van der Waals surface area contributed by atoms with Gasteiger partial charge >= 0.3 is 5.97 Å². The fourth-order valence-electron chi connectivity index (χ4n) is 3.76. The number of esters is 1. The van der Waals surface area contributed by atoms with Gasteiger partial charge in [0.2, 0.25) is 0 Å². The van der Waals surface area contributed by atoms with Crippen molar-refractivity contribution in [1.82, 2.24) is 0 Å². The summed E-state index contributed by atoms with van der Waals surface area (Å²) in [5, 5.41) is 1.65. The van der Waals surface area contributed by atoms with E-state index in [4.69, 9.17) is 4.74 Å². The minimum atomic E-state index is -1.08. The fourth-order valence-corrected chi connectivity index (χ4v) is 3.76. The molecule has 0 fully saturated rings. The van der Waals surface area contributed by atoms with E-state index in [0.717, 1.165) is 16.3 Å². The Morgan fingerprint density at radius 2 is 1.86 bits per heavy atom. The highest BCUT2D eigenvalue weighted by atomic mass is 19.1. The first-order chi connectivity index (χ1) is 14.0. The van der Waals surface area contributed by atoms with Crippen LogP contribution >= 0.6 is 0 Å². The van der Waals surface area contributed by atoms with Gasteiger partial charge in [0, 0.05) is 13.1 Å². The van der Waals surface area contributed by atoms with Gasteiger partial charge in [-0.2, -0.15) is 0 Å². The lowest BCUT2D eigenvalue weighted by atomic mass is 9.90. The molecule has 0 spiro atoms. The quantitative estimate of drug-likeness (QED) is 0.482.